The van der Waals surface area contributed by atoms with Crippen LogP contribution in [-0.2, 0) is 9.47 Å². The van der Waals surface area contributed by atoms with Crippen molar-refractivity contribution in [3.05, 3.63) is 34.9 Å². The van der Waals surface area contributed by atoms with E-state index in [2.05, 4.69) is 66.7 Å². The zero-order valence-corrected chi connectivity index (χ0v) is 13.2. The van der Waals surface area contributed by atoms with Gasteiger partial charge in [0.25, 0.3) is 0 Å². The van der Waals surface area contributed by atoms with Crippen molar-refractivity contribution in [2.75, 3.05) is 0 Å². The molecule has 0 N–H and O–H groups in total. The molecule has 0 amide bonds. The van der Waals surface area contributed by atoms with Crippen molar-refractivity contribution in [1.29, 1.82) is 0 Å². The first-order chi connectivity index (χ1) is 8.64. The second-order valence-corrected chi connectivity index (χ2v) is 6.86. The Labute approximate surface area is 117 Å². The summed E-state index contributed by atoms with van der Waals surface area (Å²) >= 11 is 0. The minimum absolute atomic E-state index is 0.259. The Morgan fingerprint density at radius 1 is 1.00 bits per heavy atom. The van der Waals surface area contributed by atoms with Crippen LogP contribution in [0.25, 0.3) is 0 Å². The number of benzene rings is 1. The molecule has 1 aromatic carbocycles. The highest BCUT2D eigenvalue weighted by atomic mass is 16.7. The molecule has 1 fully saturated rings. The van der Waals surface area contributed by atoms with Crippen LogP contribution in [0.1, 0.15) is 70.4 Å². The first-order valence-electron chi connectivity index (χ1n) is 7.10. The Morgan fingerprint density at radius 2 is 1.53 bits per heavy atom. The molecule has 2 heteroatoms. The Hall–Kier alpha value is -0.860. The molecule has 0 saturated carbocycles. The van der Waals surface area contributed by atoms with Crippen molar-refractivity contribution in [1.82, 2.24) is 0 Å². The molecular formula is C17H26O2. The summed E-state index contributed by atoms with van der Waals surface area (Å²) in [7, 11) is 0. The van der Waals surface area contributed by atoms with Crippen LogP contribution in [0, 0.1) is 6.92 Å². The molecule has 0 bridgehead atoms. The topological polar surface area (TPSA) is 18.5 Å². The van der Waals surface area contributed by atoms with Gasteiger partial charge in [0.2, 0.25) is 0 Å². The van der Waals surface area contributed by atoms with Crippen LogP contribution in [0.2, 0.25) is 0 Å². The first-order valence-corrected chi connectivity index (χ1v) is 7.10. The summed E-state index contributed by atoms with van der Waals surface area (Å²) in [5.41, 5.74) is 3.26. The average Bonchev–Trinajstić information content (AvgIpc) is 2.47. The first kappa shape index (κ1) is 14.5. The van der Waals surface area contributed by atoms with E-state index in [1.165, 1.54) is 11.1 Å². The van der Waals surface area contributed by atoms with Gasteiger partial charge in [-0.3, -0.25) is 0 Å². The molecule has 1 heterocycles. The van der Waals surface area contributed by atoms with E-state index in [0.717, 1.165) is 5.56 Å². The van der Waals surface area contributed by atoms with Gasteiger partial charge in [-0.25, -0.2) is 0 Å². The van der Waals surface area contributed by atoms with E-state index in [4.69, 9.17) is 9.47 Å². The molecule has 1 saturated heterocycles. The van der Waals surface area contributed by atoms with Crippen LogP contribution in [0.3, 0.4) is 0 Å². The van der Waals surface area contributed by atoms with Crippen molar-refractivity contribution in [2.45, 2.75) is 71.9 Å². The Kier molecular flexibility index (Phi) is 3.53. The smallest absolute Gasteiger partial charge is 0.185 e. The van der Waals surface area contributed by atoms with Gasteiger partial charge in [-0.15, -0.1) is 0 Å². The van der Waals surface area contributed by atoms with Gasteiger partial charge in [0, 0.05) is 5.56 Å². The van der Waals surface area contributed by atoms with Crippen LogP contribution in [0.4, 0.5) is 0 Å². The van der Waals surface area contributed by atoms with Gasteiger partial charge >= 0.3 is 0 Å². The third kappa shape index (κ3) is 2.56. The molecule has 2 rings (SSSR count). The lowest BCUT2D eigenvalue weighted by atomic mass is 9.90. The van der Waals surface area contributed by atoms with Crippen molar-refractivity contribution in [3.63, 3.8) is 0 Å². The molecule has 1 aliphatic rings. The number of rotatable bonds is 2. The molecule has 0 aromatic heterocycles. The lowest BCUT2D eigenvalue weighted by Gasteiger charge is -2.30. The highest BCUT2D eigenvalue weighted by Crippen LogP contribution is 2.45. The van der Waals surface area contributed by atoms with Crippen molar-refractivity contribution < 1.29 is 9.47 Å². The maximum absolute atomic E-state index is 6.08. The van der Waals surface area contributed by atoms with E-state index in [9.17, 15) is 0 Å². The zero-order valence-electron chi connectivity index (χ0n) is 13.2. The third-order valence-corrected chi connectivity index (χ3v) is 4.44. The van der Waals surface area contributed by atoms with Crippen LogP contribution < -0.4 is 0 Å². The second-order valence-electron chi connectivity index (χ2n) is 6.86. The van der Waals surface area contributed by atoms with Crippen molar-refractivity contribution >= 4 is 0 Å². The molecule has 2 nitrogen and oxygen atoms in total. The Morgan fingerprint density at radius 3 is 1.95 bits per heavy atom. The molecule has 1 aliphatic heterocycles. The van der Waals surface area contributed by atoms with Crippen molar-refractivity contribution in [3.8, 4) is 0 Å². The maximum Gasteiger partial charge on any atom is 0.185 e. The molecule has 0 radical (unpaired) electrons. The fourth-order valence-corrected chi connectivity index (χ4v) is 2.47. The predicted octanol–water partition coefficient (Wildman–Crippen LogP) is 4.72. The molecule has 0 aliphatic carbocycles. The van der Waals surface area contributed by atoms with Crippen LogP contribution in [0.5, 0.6) is 0 Å². The maximum atomic E-state index is 6.08. The van der Waals surface area contributed by atoms with Gasteiger partial charge in [0.05, 0.1) is 11.2 Å². The Bertz CT molecular complexity index is 456. The molecule has 19 heavy (non-hydrogen) atoms. The highest BCUT2D eigenvalue weighted by Gasteiger charge is 2.49. The normalized spacial score (nSPS) is 22.1. The standard InChI is InChI=1S/C17H26O2/c1-11(2)14-9-8-13(10-12(14)3)15-18-16(4,5)17(6,7)19-15/h8-11,15H,1-7H3. The van der Waals surface area contributed by atoms with E-state index in [-0.39, 0.29) is 17.5 Å². The number of hydrogen-bond acceptors (Lipinski definition) is 2. The lowest BCUT2D eigenvalue weighted by Crippen LogP contribution is -2.41. The molecule has 106 valence electrons. The zero-order chi connectivity index (χ0) is 14.4. The lowest BCUT2D eigenvalue weighted by molar-refractivity contribution is -0.0896. The average molecular weight is 262 g/mol. The molecular weight excluding hydrogens is 236 g/mol. The van der Waals surface area contributed by atoms with E-state index in [0.29, 0.717) is 5.92 Å². The van der Waals surface area contributed by atoms with Gasteiger partial charge in [-0.1, -0.05) is 32.0 Å². The SMILES string of the molecule is Cc1cc(C2OC(C)(C)C(C)(C)O2)ccc1C(C)C. The summed E-state index contributed by atoms with van der Waals surface area (Å²) in [6.45, 7) is 14.9. The molecule has 0 spiro atoms. The van der Waals surface area contributed by atoms with Crippen LogP contribution in [0.15, 0.2) is 18.2 Å². The van der Waals surface area contributed by atoms with E-state index < -0.39 is 0 Å². The molecule has 1 aromatic rings. The summed E-state index contributed by atoms with van der Waals surface area (Å²) < 4.78 is 12.2. The van der Waals surface area contributed by atoms with Gasteiger partial charge in [-0.05, 0) is 51.7 Å². The minimum Gasteiger partial charge on any atom is -0.339 e. The van der Waals surface area contributed by atoms with E-state index in [1.54, 1.807) is 0 Å². The summed E-state index contributed by atoms with van der Waals surface area (Å²) in [5.74, 6) is 0.548. The molecule has 0 atom stereocenters. The third-order valence-electron chi connectivity index (χ3n) is 4.44. The van der Waals surface area contributed by atoms with E-state index in [1.807, 2.05) is 0 Å². The van der Waals surface area contributed by atoms with Gasteiger partial charge in [0.15, 0.2) is 6.29 Å². The number of aryl methyl sites for hydroxylation is 1. The van der Waals surface area contributed by atoms with Gasteiger partial charge < -0.3 is 9.47 Å². The Balaban J connectivity index is 2.28. The fourth-order valence-electron chi connectivity index (χ4n) is 2.47. The summed E-state index contributed by atoms with van der Waals surface area (Å²) in [6.07, 6.45) is -0.259. The monoisotopic (exact) mass is 262 g/mol. The summed E-state index contributed by atoms with van der Waals surface area (Å²) in [6, 6.07) is 6.52. The van der Waals surface area contributed by atoms with E-state index >= 15 is 0 Å². The second kappa shape index (κ2) is 4.60. The molecule has 0 unspecified atom stereocenters. The van der Waals surface area contributed by atoms with Gasteiger partial charge in [-0.2, -0.15) is 0 Å². The predicted molar refractivity (Wildman–Crippen MR) is 78.3 cm³/mol. The van der Waals surface area contributed by atoms with Crippen LogP contribution in [-0.4, -0.2) is 11.2 Å². The summed E-state index contributed by atoms with van der Waals surface area (Å²) in [4.78, 5) is 0. The number of hydrogen-bond donors (Lipinski definition) is 0. The van der Waals surface area contributed by atoms with Crippen LogP contribution >= 0.6 is 0 Å². The minimum atomic E-state index is -0.276. The van der Waals surface area contributed by atoms with Crippen molar-refractivity contribution in [2.24, 2.45) is 0 Å². The quantitative estimate of drug-likeness (QED) is 0.767. The number of ether oxygens (including phenoxy) is 2. The summed E-state index contributed by atoms with van der Waals surface area (Å²) in [5, 5.41) is 0. The van der Waals surface area contributed by atoms with Gasteiger partial charge in [0.1, 0.15) is 0 Å². The largest absolute Gasteiger partial charge is 0.339 e. The fraction of sp³-hybridized carbons (Fsp3) is 0.647. The highest BCUT2D eigenvalue weighted by molar-refractivity contribution is 5.34.